The summed E-state index contributed by atoms with van der Waals surface area (Å²) in [6.45, 7) is 4.66. The molecule has 1 atom stereocenters. The summed E-state index contributed by atoms with van der Waals surface area (Å²) >= 11 is 0. The van der Waals surface area contributed by atoms with E-state index in [2.05, 4.69) is 22.2 Å². The molecule has 4 heteroatoms. The van der Waals surface area contributed by atoms with E-state index >= 15 is 0 Å². The van der Waals surface area contributed by atoms with Crippen molar-refractivity contribution in [3.63, 3.8) is 0 Å². The highest BCUT2D eigenvalue weighted by Crippen LogP contribution is 2.17. The molecule has 0 bridgehead atoms. The van der Waals surface area contributed by atoms with Crippen molar-refractivity contribution in [3.8, 4) is 0 Å². The standard InChI is InChI=1S/C15H18FN3/c1-3-15(12-4-6-13(16)7-5-12)18-10-14-8-9-17-11(2)19-14/h4-9,15,18H,3,10H2,1-2H3. The number of nitrogens with one attached hydrogen (secondary N) is 1. The van der Waals surface area contributed by atoms with Crippen LogP contribution in [0.1, 0.15) is 36.5 Å². The molecule has 0 saturated heterocycles. The third kappa shape index (κ3) is 3.83. The molecule has 1 aromatic carbocycles. The lowest BCUT2D eigenvalue weighted by atomic mass is 10.0. The number of halogens is 1. The van der Waals surface area contributed by atoms with Crippen molar-refractivity contribution in [1.82, 2.24) is 15.3 Å². The van der Waals surface area contributed by atoms with Crippen LogP contribution in [0.15, 0.2) is 36.5 Å². The molecule has 0 spiro atoms. The second-order valence-electron chi connectivity index (χ2n) is 4.49. The quantitative estimate of drug-likeness (QED) is 0.896. The van der Waals surface area contributed by atoms with E-state index in [1.165, 1.54) is 12.1 Å². The van der Waals surface area contributed by atoms with E-state index in [4.69, 9.17) is 0 Å². The van der Waals surface area contributed by atoms with Crippen LogP contribution in [0.4, 0.5) is 4.39 Å². The third-order valence-corrected chi connectivity index (χ3v) is 3.04. The minimum absolute atomic E-state index is 0.204. The summed E-state index contributed by atoms with van der Waals surface area (Å²) in [4.78, 5) is 8.43. The van der Waals surface area contributed by atoms with Crippen LogP contribution in [0.25, 0.3) is 0 Å². The van der Waals surface area contributed by atoms with Gasteiger partial charge in [0, 0.05) is 18.8 Å². The fourth-order valence-corrected chi connectivity index (χ4v) is 2.02. The maximum atomic E-state index is 12.9. The van der Waals surface area contributed by atoms with E-state index in [-0.39, 0.29) is 11.9 Å². The molecule has 1 heterocycles. The largest absolute Gasteiger partial charge is 0.304 e. The van der Waals surface area contributed by atoms with E-state index in [0.29, 0.717) is 6.54 Å². The normalized spacial score (nSPS) is 12.4. The van der Waals surface area contributed by atoms with Crippen molar-refractivity contribution in [2.45, 2.75) is 32.9 Å². The monoisotopic (exact) mass is 259 g/mol. The third-order valence-electron chi connectivity index (χ3n) is 3.04. The molecule has 0 saturated carbocycles. The van der Waals surface area contributed by atoms with E-state index in [1.54, 1.807) is 6.20 Å². The van der Waals surface area contributed by atoms with Crippen LogP contribution in [-0.4, -0.2) is 9.97 Å². The van der Waals surface area contributed by atoms with Crippen molar-refractivity contribution < 1.29 is 4.39 Å². The van der Waals surface area contributed by atoms with Crippen molar-refractivity contribution in [2.75, 3.05) is 0 Å². The summed E-state index contributed by atoms with van der Waals surface area (Å²) in [6.07, 6.45) is 2.70. The van der Waals surface area contributed by atoms with Gasteiger partial charge in [-0.15, -0.1) is 0 Å². The zero-order chi connectivity index (χ0) is 13.7. The van der Waals surface area contributed by atoms with Gasteiger partial charge in [-0.25, -0.2) is 14.4 Å². The van der Waals surface area contributed by atoms with Crippen LogP contribution >= 0.6 is 0 Å². The Morgan fingerprint density at radius 2 is 1.95 bits per heavy atom. The Morgan fingerprint density at radius 3 is 2.58 bits per heavy atom. The molecule has 3 nitrogen and oxygen atoms in total. The van der Waals surface area contributed by atoms with Gasteiger partial charge in [0.25, 0.3) is 0 Å². The molecule has 0 radical (unpaired) electrons. The summed E-state index contributed by atoms with van der Waals surface area (Å²) in [5.41, 5.74) is 2.06. The molecule has 0 aliphatic rings. The van der Waals surface area contributed by atoms with Crippen molar-refractivity contribution in [2.24, 2.45) is 0 Å². The first-order valence-electron chi connectivity index (χ1n) is 6.46. The number of hydrogen-bond acceptors (Lipinski definition) is 3. The smallest absolute Gasteiger partial charge is 0.125 e. The Bertz CT molecular complexity index is 525. The van der Waals surface area contributed by atoms with Crippen LogP contribution in [0.5, 0.6) is 0 Å². The molecule has 0 amide bonds. The van der Waals surface area contributed by atoms with Crippen LogP contribution in [-0.2, 0) is 6.54 Å². The lowest BCUT2D eigenvalue weighted by molar-refractivity contribution is 0.512. The molecule has 0 aliphatic carbocycles. The molecular formula is C15H18FN3. The van der Waals surface area contributed by atoms with E-state index in [1.807, 2.05) is 25.1 Å². The van der Waals surface area contributed by atoms with Gasteiger partial charge in [-0.05, 0) is 37.1 Å². The SMILES string of the molecule is CCC(NCc1ccnc(C)n1)c1ccc(F)cc1. The second-order valence-corrected chi connectivity index (χ2v) is 4.49. The number of hydrogen-bond donors (Lipinski definition) is 1. The molecule has 2 rings (SSSR count). The van der Waals surface area contributed by atoms with Gasteiger partial charge in [0.1, 0.15) is 11.6 Å². The summed E-state index contributed by atoms with van der Waals surface area (Å²) in [5, 5.41) is 3.44. The number of aryl methyl sites for hydroxylation is 1. The Hall–Kier alpha value is -1.81. The van der Waals surface area contributed by atoms with Gasteiger partial charge in [0.2, 0.25) is 0 Å². The van der Waals surface area contributed by atoms with Crippen molar-refractivity contribution in [1.29, 1.82) is 0 Å². The Labute approximate surface area is 112 Å². The van der Waals surface area contributed by atoms with Gasteiger partial charge in [-0.1, -0.05) is 19.1 Å². The Morgan fingerprint density at radius 1 is 1.21 bits per heavy atom. The first kappa shape index (κ1) is 13.6. The molecule has 1 unspecified atom stereocenters. The lowest BCUT2D eigenvalue weighted by Crippen LogP contribution is -2.21. The highest BCUT2D eigenvalue weighted by molar-refractivity contribution is 5.20. The molecule has 100 valence electrons. The van der Waals surface area contributed by atoms with Crippen molar-refractivity contribution in [3.05, 3.63) is 59.4 Å². The van der Waals surface area contributed by atoms with E-state index in [0.717, 1.165) is 23.5 Å². The first-order valence-corrected chi connectivity index (χ1v) is 6.46. The fraction of sp³-hybridized carbons (Fsp3) is 0.333. The Balaban J connectivity index is 2.01. The van der Waals surface area contributed by atoms with Gasteiger partial charge in [0.05, 0.1) is 5.69 Å². The highest BCUT2D eigenvalue weighted by atomic mass is 19.1. The van der Waals surface area contributed by atoms with Crippen molar-refractivity contribution >= 4 is 0 Å². The van der Waals surface area contributed by atoms with Gasteiger partial charge < -0.3 is 5.32 Å². The number of nitrogens with zero attached hydrogens (tertiary/aromatic N) is 2. The van der Waals surface area contributed by atoms with E-state index in [9.17, 15) is 4.39 Å². The summed E-state index contributed by atoms with van der Waals surface area (Å²) < 4.78 is 12.9. The minimum atomic E-state index is -0.204. The van der Waals surface area contributed by atoms with E-state index < -0.39 is 0 Å². The van der Waals surface area contributed by atoms with Gasteiger partial charge in [0.15, 0.2) is 0 Å². The summed E-state index contributed by atoms with van der Waals surface area (Å²) in [5.74, 6) is 0.569. The average Bonchev–Trinajstić information content (AvgIpc) is 2.41. The maximum Gasteiger partial charge on any atom is 0.125 e. The predicted molar refractivity (Wildman–Crippen MR) is 73.0 cm³/mol. The van der Waals surface area contributed by atoms with Crippen LogP contribution in [0.3, 0.4) is 0 Å². The summed E-state index contributed by atoms with van der Waals surface area (Å²) in [6, 6.07) is 8.74. The fourth-order valence-electron chi connectivity index (χ4n) is 2.02. The number of aromatic nitrogens is 2. The first-order chi connectivity index (χ1) is 9.19. The molecule has 2 aromatic rings. The topological polar surface area (TPSA) is 37.8 Å². The average molecular weight is 259 g/mol. The maximum absolute atomic E-state index is 12.9. The summed E-state index contributed by atoms with van der Waals surface area (Å²) in [7, 11) is 0. The molecule has 1 aromatic heterocycles. The second kappa shape index (κ2) is 6.38. The molecular weight excluding hydrogens is 241 g/mol. The molecule has 1 N–H and O–H groups in total. The zero-order valence-corrected chi connectivity index (χ0v) is 11.2. The van der Waals surface area contributed by atoms with Gasteiger partial charge in [-0.3, -0.25) is 0 Å². The van der Waals surface area contributed by atoms with Crippen LogP contribution in [0, 0.1) is 12.7 Å². The number of benzene rings is 1. The van der Waals surface area contributed by atoms with Gasteiger partial charge >= 0.3 is 0 Å². The number of rotatable bonds is 5. The van der Waals surface area contributed by atoms with Gasteiger partial charge in [-0.2, -0.15) is 0 Å². The molecule has 0 fully saturated rings. The highest BCUT2D eigenvalue weighted by Gasteiger charge is 2.09. The van der Waals surface area contributed by atoms with Crippen LogP contribution < -0.4 is 5.32 Å². The molecule has 0 aliphatic heterocycles. The predicted octanol–water partition coefficient (Wildman–Crippen LogP) is 3.17. The van der Waals surface area contributed by atoms with Crippen LogP contribution in [0.2, 0.25) is 0 Å². The molecule has 19 heavy (non-hydrogen) atoms. The minimum Gasteiger partial charge on any atom is -0.304 e. The lowest BCUT2D eigenvalue weighted by Gasteiger charge is -2.17. The zero-order valence-electron chi connectivity index (χ0n) is 11.2. The Kier molecular flexibility index (Phi) is 4.58.